The van der Waals surface area contributed by atoms with Gasteiger partial charge >= 0.3 is 5.97 Å². The van der Waals surface area contributed by atoms with E-state index in [9.17, 15) is 4.79 Å². The van der Waals surface area contributed by atoms with E-state index in [0.29, 0.717) is 32.4 Å². The summed E-state index contributed by atoms with van der Waals surface area (Å²) in [6, 6.07) is 4.18. The van der Waals surface area contributed by atoms with Crippen molar-refractivity contribution >= 4 is 5.97 Å². The zero-order valence-corrected chi connectivity index (χ0v) is 10.1. The lowest BCUT2D eigenvalue weighted by Gasteiger charge is -2.19. The third-order valence-corrected chi connectivity index (χ3v) is 2.44. The molecule has 0 aliphatic rings. The molecule has 0 spiro atoms. The van der Waals surface area contributed by atoms with Gasteiger partial charge in [-0.05, 0) is 19.4 Å². The van der Waals surface area contributed by atoms with E-state index in [2.05, 4.69) is 17.0 Å². The van der Waals surface area contributed by atoms with Crippen molar-refractivity contribution in [3.63, 3.8) is 0 Å². The fourth-order valence-corrected chi connectivity index (χ4v) is 1.54. The molecule has 0 aromatic carbocycles. The van der Waals surface area contributed by atoms with Crippen molar-refractivity contribution in [1.29, 1.82) is 10.5 Å². The molecule has 0 rings (SSSR count). The summed E-state index contributed by atoms with van der Waals surface area (Å²) in [5, 5.41) is 25.5. The molecule has 0 bridgehead atoms. The minimum atomic E-state index is -0.754. The van der Waals surface area contributed by atoms with Crippen LogP contribution in [0, 0.1) is 22.7 Å². The Morgan fingerprint density at radius 2 is 1.59 bits per heavy atom. The molecule has 0 atom stereocenters. The molecule has 0 saturated carbocycles. The fraction of sp³-hybridized carbons (Fsp3) is 0.750. The third kappa shape index (κ3) is 10.7. The number of carbonyl (C=O) groups is 1. The van der Waals surface area contributed by atoms with Crippen LogP contribution in [0.15, 0.2) is 0 Å². The van der Waals surface area contributed by atoms with Crippen LogP contribution in [0.1, 0.15) is 38.5 Å². The second-order valence-corrected chi connectivity index (χ2v) is 3.86. The smallest absolute Gasteiger partial charge is 0.303 e. The van der Waals surface area contributed by atoms with Gasteiger partial charge in [0.2, 0.25) is 0 Å². The Morgan fingerprint density at radius 1 is 1.00 bits per heavy atom. The maximum Gasteiger partial charge on any atom is 0.303 e. The highest BCUT2D eigenvalue weighted by atomic mass is 16.4. The Balaban J connectivity index is 3.64. The number of nitrogens with zero attached hydrogens (tertiary/aromatic N) is 3. The standard InChI is InChI=1S/C12H19N3O2/c13-7-4-10-15(11-5-8-14)9-3-1-2-6-12(16)17/h1-6,9-11H2,(H,16,17). The first kappa shape index (κ1) is 15.4. The third-order valence-electron chi connectivity index (χ3n) is 2.44. The summed E-state index contributed by atoms with van der Waals surface area (Å²) in [5.41, 5.74) is 0. The van der Waals surface area contributed by atoms with Crippen LogP contribution in [-0.2, 0) is 4.79 Å². The van der Waals surface area contributed by atoms with E-state index in [0.717, 1.165) is 19.4 Å². The normalized spacial score (nSPS) is 9.82. The summed E-state index contributed by atoms with van der Waals surface area (Å²) in [5.74, 6) is -0.754. The molecule has 0 heterocycles. The molecular weight excluding hydrogens is 218 g/mol. The van der Waals surface area contributed by atoms with Crippen molar-refractivity contribution < 1.29 is 9.90 Å². The molecule has 5 heteroatoms. The molecular formula is C12H19N3O2. The molecule has 0 aromatic heterocycles. The van der Waals surface area contributed by atoms with Gasteiger partial charge in [0.25, 0.3) is 0 Å². The SMILES string of the molecule is N#CCCN(CCC#N)CCCCCC(=O)O. The van der Waals surface area contributed by atoms with Crippen molar-refractivity contribution in [3.05, 3.63) is 0 Å². The predicted octanol–water partition coefficient (Wildman–Crippen LogP) is 1.76. The lowest BCUT2D eigenvalue weighted by molar-refractivity contribution is -0.137. The van der Waals surface area contributed by atoms with Gasteiger partial charge in [0.15, 0.2) is 0 Å². The minimum Gasteiger partial charge on any atom is -0.481 e. The first-order valence-electron chi connectivity index (χ1n) is 5.88. The zero-order valence-electron chi connectivity index (χ0n) is 10.1. The fourth-order valence-electron chi connectivity index (χ4n) is 1.54. The van der Waals surface area contributed by atoms with Crippen LogP contribution in [-0.4, -0.2) is 35.6 Å². The first-order chi connectivity index (χ1) is 8.20. The van der Waals surface area contributed by atoms with Gasteiger partial charge in [-0.3, -0.25) is 4.79 Å². The monoisotopic (exact) mass is 237 g/mol. The Morgan fingerprint density at radius 3 is 2.06 bits per heavy atom. The summed E-state index contributed by atoms with van der Waals surface area (Å²) < 4.78 is 0. The van der Waals surface area contributed by atoms with Gasteiger partial charge in [0.1, 0.15) is 0 Å². The average Bonchev–Trinajstić information content (AvgIpc) is 2.30. The quantitative estimate of drug-likeness (QED) is 0.585. The number of nitriles is 2. The lowest BCUT2D eigenvalue weighted by Crippen LogP contribution is -2.27. The second-order valence-electron chi connectivity index (χ2n) is 3.86. The van der Waals surface area contributed by atoms with E-state index in [4.69, 9.17) is 15.6 Å². The topological polar surface area (TPSA) is 88.1 Å². The maximum atomic E-state index is 10.3. The predicted molar refractivity (Wildman–Crippen MR) is 63.0 cm³/mol. The Labute approximate surface area is 102 Å². The van der Waals surface area contributed by atoms with Gasteiger partial charge in [-0.25, -0.2) is 0 Å². The van der Waals surface area contributed by atoms with Crippen molar-refractivity contribution in [2.24, 2.45) is 0 Å². The largest absolute Gasteiger partial charge is 0.481 e. The van der Waals surface area contributed by atoms with Crippen LogP contribution >= 0.6 is 0 Å². The number of hydrogen-bond acceptors (Lipinski definition) is 4. The minimum absolute atomic E-state index is 0.219. The average molecular weight is 237 g/mol. The van der Waals surface area contributed by atoms with E-state index >= 15 is 0 Å². The summed E-state index contributed by atoms with van der Waals surface area (Å²) in [6.45, 7) is 2.22. The molecule has 0 unspecified atom stereocenters. The van der Waals surface area contributed by atoms with Crippen molar-refractivity contribution in [3.8, 4) is 12.1 Å². The van der Waals surface area contributed by atoms with Crippen LogP contribution in [0.4, 0.5) is 0 Å². The van der Waals surface area contributed by atoms with Crippen molar-refractivity contribution in [2.45, 2.75) is 38.5 Å². The first-order valence-corrected chi connectivity index (χ1v) is 5.88. The zero-order chi connectivity index (χ0) is 12.9. The van der Waals surface area contributed by atoms with Crippen molar-refractivity contribution in [2.75, 3.05) is 19.6 Å². The van der Waals surface area contributed by atoms with Gasteiger partial charge in [-0.2, -0.15) is 10.5 Å². The molecule has 17 heavy (non-hydrogen) atoms. The van der Waals surface area contributed by atoms with Crippen LogP contribution in [0.3, 0.4) is 0 Å². The summed E-state index contributed by atoms with van der Waals surface area (Å²) >= 11 is 0. The van der Waals surface area contributed by atoms with E-state index in [-0.39, 0.29) is 6.42 Å². The molecule has 0 aliphatic heterocycles. The maximum absolute atomic E-state index is 10.3. The van der Waals surface area contributed by atoms with Gasteiger partial charge in [-0.15, -0.1) is 0 Å². The molecule has 0 fully saturated rings. The van der Waals surface area contributed by atoms with E-state index in [1.165, 1.54) is 0 Å². The van der Waals surface area contributed by atoms with Gasteiger partial charge in [0.05, 0.1) is 12.1 Å². The molecule has 0 saturated heterocycles. The number of carboxylic acids is 1. The van der Waals surface area contributed by atoms with Crippen molar-refractivity contribution in [1.82, 2.24) is 4.90 Å². The molecule has 0 amide bonds. The highest BCUT2D eigenvalue weighted by molar-refractivity contribution is 5.66. The second kappa shape index (κ2) is 10.9. The summed E-state index contributed by atoms with van der Waals surface area (Å²) in [4.78, 5) is 12.4. The highest BCUT2D eigenvalue weighted by Crippen LogP contribution is 2.03. The lowest BCUT2D eigenvalue weighted by atomic mass is 10.2. The van der Waals surface area contributed by atoms with E-state index < -0.39 is 5.97 Å². The van der Waals surface area contributed by atoms with Gasteiger partial charge in [-0.1, -0.05) is 6.42 Å². The molecule has 5 nitrogen and oxygen atoms in total. The Kier molecular flexibility index (Phi) is 9.89. The van der Waals surface area contributed by atoms with Crippen LogP contribution < -0.4 is 0 Å². The van der Waals surface area contributed by atoms with Gasteiger partial charge in [0, 0.05) is 32.4 Å². The van der Waals surface area contributed by atoms with Crippen LogP contribution in [0.5, 0.6) is 0 Å². The number of aliphatic carboxylic acids is 1. The molecule has 0 radical (unpaired) electrons. The van der Waals surface area contributed by atoms with Gasteiger partial charge < -0.3 is 10.0 Å². The number of hydrogen-bond donors (Lipinski definition) is 1. The number of rotatable bonds is 10. The van der Waals surface area contributed by atoms with E-state index in [1.807, 2.05) is 0 Å². The summed E-state index contributed by atoms with van der Waals surface area (Å²) in [6.07, 6.45) is 3.66. The Bertz CT molecular complexity index is 273. The number of carboxylic acid groups (broad SMARTS) is 1. The van der Waals surface area contributed by atoms with Crippen LogP contribution in [0.25, 0.3) is 0 Å². The molecule has 0 aliphatic carbocycles. The van der Waals surface area contributed by atoms with Crippen LogP contribution in [0.2, 0.25) is 0 Å². The van der Waals surface area contributed by atoms with E-state index in [1.54, 1.807) is 0 Å². The highest BCUT2D eigenvalue weighted by Gasteiger charge is 2.04. The molecule has 1 N–H and O–H groups in total. The summed E-state index contributed by atoms with van der Waals surface area (Å²) in [7, 11) is 0. The number of unbranched alkanes of at least 4 members (excludes halogenated alkanes) is 2. The molecule has 94 valence electrons. The molecule has 0 aromatic rings. The Hall–Kier alpha value is -1.59.